The predicted octanol–water partition coefficient (Wildman–Crippen LogP) is 3.44. The van der Waals surface area contributed by atoms with Crippen LogP contribution in [0.2, 0.25) is 0 Å². The van der Waals surface area contributed by atoms with Gasteiger partial charge in [0.1, 0.15) is 11.6 Å². The highest BCUT2D eigenvalue weighted by Crippen LogP contribution is 2.33. The summed E-state index contributed by atoms with van der Waals surface area (Å²) in [4.78, 5) is 4.86. The molecule has 1 aliphatic carbocycles. The molecule has 0 aliphatic heterocycles. The molecule has 2 aromatic heterocycles. The average molecular weight is 366 g/mol. The number of anilines is 3. The maximum Gasteiger partial charge on any atom is 0.177 e. The summed E-state index contributed by atoms with van der Waals surface area (Å²) >= 11 is 0. The Hall–Kier alpha value is -2.80. The highest BCUT2D eigenvalue weighted by atomic mass is 16.5. The zero-order valence-electron chi connectivity index (χ0n) is 15.6. The number of aromatic nitrogens is 3. The lowest BCUT2D eigenvalue weighted by Gasteiger charge is -2.24. The number of nitrogen functional groups attached to an aromatic ring is 1. The fourth-order valence-electron chi connectivity index (χ4n) is 3.67. The van der Waals surface area contributed by atoms with Crippen LogP contribution in [0.1, 0.15) is 44.2 Å². The van der Waals surface area contributed by atoms with Gasteiger partial charge in [0.25, 0.3) is 0 Å². The molecule has 27 heavy (non-hydrogen) atoms. The molecule has 7 heteroatoms. The minimum atomic E-state index is 0.323. The first-order valence-electron chi connectivity index (χ1n) is 9.53. The maximum atomic E-state index is 6.04. The van der Waals surface area contributed by atoms with Crippen LogP contribution in [0.25, 0.3) is 5.65 Å². The molecular weight excluding hydrogens is 340 g/mol. The largest absolute Gasteiger partial charge is 0.494 e. The molecule has 5 N–H and O–H groups in total. The first-order chi connectivity index (χ1) is 13.1. The lowest BCUT2D eigenvalue weighted by atomic mass is 9.85. The molecule has 1 fully saturated rings. The summed E-state index contributed by atoms with van der Waals surface area (Å²) in [7, 11) is 0. The van der Waals surface area contributed by atoms with Gasteiger partial charge in [0.05, 0.1) is 24.2 Å². The molecular formula is C20H26N6O. The zero-order valence-corrected chi connectivity index (χ0v) is 15.6. The van der Waals surface area contributed by atoms with Gasteiger partial charge in [0, 0.05) is 23.7 Å². The first kappa shape index (κ1) is 17.6. The number of rotatable bonds is 5. The molecule has 0 unspecified atom stereocenters. The molecule has 0 atom stereocenters. The molecule has 0 amide bonds. The van der Waals surface area contributed by atoms with Gasteiger partial charge in [-0.2, -0.15) is 0 Å². The number of nitrogens with one attached hydrogen (secondary N) is 1. The van der Waals surface area contributed by atoms with Gasteiger partial charge in [-0.15, -0.1) is 5.10 Å². The van der Waals surface area contributed by atoms with Crippen molar-refractivity contribution in [1.82, 2.24) is 14.6 Å². The first-order valence-corrected chi connectivity index (χ1v) is 9.53. The summed E-state index contributed by atoms with van der Waals surface area (Å²) in [6.07, 6.45) is 6.23. The third kappa shape index (κ3) is 3.83. The fourth-order valence-corrected chi connectivity index (χ4v) is 3.67. The van der Waals surface area contributed by atoms with Crippen molar-refractivity contribution in [1.29, 1.82) is 0 Å². The Morgan fingerprint density at radius 2 is 1.93 bits per heavy atom. The van der Waals surface area contributed by atoms with E-state index in [0.717, 1.165) is 54.1 Å². The van der Waals surface area contributed by atoms with Crippen molar-refractivity contribution in [2.75, 3.05) is 17.7 Å². The van der Waals surface area contributed by atoms with E-state index in [1.807, 2.05) is 43.5 Å². The quantitative estimate of drug-likeness (QED) is 0.639. The summed E-state index contributed by atoms with van der Waals surface area (Å²) in [5.41, 5.74) is 15.7. The van der Waals surface area contributed by atoms with Crippen molar-refractivity contribution in [2.24, 2.45) is 5.73 Å². The predicted molar refractivity (Wildman–Crippen MR) is 107 cm³/mol. The van der Waals surface area contributed by atoms with Gasteiger partial charge in [-0.1, -0.05) is 0 Å². The minimum absolute atomic E-state index is 0.323. The lowest BCUT2D eigenvalue weighted by molar-refractivity contribution is 0.340. The van der Waals surface area contributed by atoms with Crippen molar-refractivity contribution < 1.29 is 4.74 Å². The Kier molecular flexibility index (Phi) is 4.85. The van der Waals surface area contributed by atoms with Crippen molar-refractivity contribution >= 4 is 22.8 Å². The Morgan fingerprint density at radius 1 is 1.19 bits per heavy atom. The number of ether oxygens (including phenoxy) is 1. The van der Waals surface area contributed by atoms with Gasteiger partial charge in [0.2, 0.25) is 0 Å². The van der Waals surface area contributed by atoms with Crippen LogP contribution in [0.5, 0.6) is 5.75 Å². The molecule has 3 aromatic rings. The minimum Gasteiger partial charge on any atom is -0.494 e. The second kappa shape index (κ2) is 7.44. The molecule has 2 heterocycles. The van der Waals surface area contributed by atoms with Crippen LogP contribution in [0.3, 0.4) is 0 Å². The van der Waals surface area contributed by atoms with Crippen LogP contribution in [-0.4, -0.2) is 27.2 Å². The Balaban J connectivity index is 1.62. The van der Waals surface area contributed by atoms with E-state index in [4.69, 9.17) is 21.2 Å². The number of fused-ring (bicyclic) bond motifs is 1. The van der Waals surface area contributed by atoms with Crippen LogP contribution in [0.15, 0.2) is 36.5 Å². The van der Waals surface area contributed by atoms with Crippen LogP contribution in [0, 0.1) is 0 Å². The van der Waals surface area contributed by atoms with Crippen LogP contribution < -0.4 is 21.5 Å². The monoisotopic (exact) mass is 366 g/mol. The number of nitrogens with zero attached hydrogens (tertiary/aromatic N) is 3. The highest BCUT2D eigenvalue weighted by Gasteiger charge is 2.23. The van der Waals surface area contributed by atoms with E-state index in [1.165, 1.54) is 0 Å². The molecule has 0 spiro atoms. The summed E-state index contributed by atoms with van der Waals surface area (Å²) in [6.45, 7) is 2.62. The van der Waals surface area contributed by atoms with Crippen molar-refractivity contribution in [3.63, 3.8) is 0 Å². The van der Waals surface area contributed by atoms with Gasteiger partial charge in [-0.05, 0) is 56.9 Å². The molecule has 0 radical (unpaired) electrons. The number of nitrogens with two attached hydrogens (primary N) is 2. The zero-order chi connectivity index (χ0) is 18.8. The van der Waals surface area contributed by atoms with Gasteiger partial charge in [0.15, 0.2) is 5.65 Å². The number of hydrogen-bond acceptors (Lipinski definition) is 6. The summed E-state index contributed by atoms with van der Waals surface area (Å²) in [5, 5.41) is 7.80. The standard InChI is InChI=1S/C20H26N6O/c1-2-27-16-9-7-15(8-10-16)23-17-11-19(22)25-26-12-18(24-20(17)26)13-3-5-14(21)6-4-13/h7-14,23H,2-6,21H2,1H3,(H2,22,25). The van der Waals surface area contributed by atoms with Crippen molar-refractivity contribution in [3.05, 3.63) is 42.2 Å². The third-order valence-corrected chi connectivity index (χ3v) is 5.10. The molecule has 4 rings (SSSR count). The summed E-state index contributed by atoms with van der Waals surface area (Å²) in [5.74, 6) is 1.73. The van der Waals surface area contributed by atoms with Crippen molar-refractivity contribution in [2.45, 2.75) is 44.6 Å². The van der Waals surface area contributed by atoms with E-state index in [2.05, 4.69) is 10.4 Å². The van der Waals surface area contributed by atoms with E-state index >= 15 is 0 Å². The summed E-state index contributed by atoms with van der Waals surface area (Å²) < 4.78 is 7.27. The fraction of sp³-hybridized carbons (Fsp3) is 0.400. The topological polar surface area (TPSA) is 103 Å². The Bertz CT molecular complexity index is 912. The molecule has 0 bridgehead atoms. The third-order valence-electron chi connectivity index (χ3n) is 5.10. The van der Waals surface area contributed by atoms with Crippen LogP contribution >= 0.6 is 0 Å². The molecule has 0 saturated heterocycles. The lowest BCUT2D eigenvalue weighted by Crippen LogP contribution is -2.25. The van der Waals surface area contributed by atoms with Gasteiger partial charge >= 0.3 is 0 Å². The van der Waals surface area contributed by atoms with Crippen LogP contribution in [-0.2, 0) is 0 Å². The van der Waals surface area contributed by atoms with Gasteiger partial charge in [-0.3, -0.25) is 0 Å². The van der Waals surface area contributed by atoms with E-state index < -0.39 is 0 Å². The second-order valence-electron chi connectivity index (χ2n) is 7.11. The van der Waals surface area contributed by atoms with E-state index in [-0.39, 0.29) is 0 Å². The second-order valence-corrected chi connectivity index (χ2v) is 7.11. The van der Waals surface area contributed by atoms with Crippen LogP contribution in [0.4, 0.5) is 17.2 Å². The summed E-state index contributed by atoms with van der Waals surface area (Å²) in [6, 6.07) is 9.98. The average Bonchev–Trinajstić information content (AvgIpc) is 3.08. The van der Waals surface area contributed by atoms with E-state index in [0.29, 0.717) is 24.4 Å². The van der Waals surface area contributed by atoms with E-state index in [1.54, 1.807) is 4.52 Å². The van der Waals surface area contributed by atoms with Gasteiger partial charge < -0.3 is 21.5 Å². The molecule has 7 nitrogen and oxygen atoms in total. The molecule has 1 saturated carbocycles. The SMILES string of the molecule is CCOc1ccc(Nc2cc(N)nn3cc(C4CCC(N)CC4)nc23)cc1. The Labute approximate surface area is 158 Å². The van der Waals surface area contributed by atoms with E-state index in [9.17, 15) is 0 Å². The normalized spacial score (nSPS) is 19.9. The smallest absolute Gasteiger partial charge is 0.177 e. The molecule has 1 aliphatic rings. The number of benzene rings is 1. The van der Waals surface area contributed by atoms with Gasteiger partial charge in [-0.25, -0.2) is 9.50 Å². The van der Waals surface area contributed by atoms with Crippen molar-refractivity contribution in [3.8, 4) is 5.75 Å². The Morgan fingerprint density at radius 3 is 2.63 bits per heavy atom. The molecule has 1 aromatic carbocycles. The number of imidazole rings is 1. The highest BCUT2D eigenvalue weighted by molar-refractivity contribution is 5.75. The maximum absolute atomic E-state index is 6.04. The molecule has 142 valence electrons. The number of hydrogen-bond donors (Lipinski definition) is 3.